The van der Waals surface area contributed by atoms with Gasteiger partial charge in [-0.1, -0.05) is 12.1 Å². The summed E-state index contributed by atoms with van der Waals surface area (Å²) in [4.78, 5) is 22.4. The van der Waals surface area contributed by atoms with E-state index in [4.69, 9.17) is 9.84 Å². The molecule has 6 nitrogen and oxygen atoms in total. The lowest BCUT2D eigenvalue weighted by Gasteiger charge is -2.23. The van der Waals surface area contributed by atoms with Crippen molar-refractivity contribution in [3.05, 3.63) is 29.8 Å². The van der Waals surface area contributed by atoms with Gasteiger partial charge in [-0.3, -0.25) is 9.59 Å². The van der Waals surface area contributed by atoms with Crippen molar-refractivity contribution in [3.63, 3.8) is 0 Å². The van der Waals surface area contributed by atoms with E-state index in [-0.39, 0.29) is 18.4 Å². The predicted molar refractivity (Wildman–Crippen MR) is 78.3 cm³/mol. The Balaban J connectivity index is 1.79. The summed E-state index contributed by atoms with van der Waals surface area (Å²) in [5.74, 6) is -0.893. The van der Waals surface area contributed by atoms with E-state index in [0.717, 1.165) is 12.1 Å². The first-order valence-corrected chi connectivity index (χ1v) is 7.06. The number of aliphatic carboxylic acids is 1. The van der Waals surface area contributed by atoms with E-state index < -0.39 is 5.97 Å². The van der Waals surface area contributed by atoms with Gasteiger partial charge in [0.05, 0.1) is 19.1 Å². The molecule has 3 N–H and O–H groups in total. The highest BCUT2D eigenvalue weighted by Crippen LogP contribution is 2.12. The number of amides is 1. The molecular weight excluding hydrogens is 272 g/mol. The second-order valence-corrected chi connectivity index (χ2v) is 5.04. The number of carboxylic acid groups (broad SMARTS) is 1. The normalized spacial score (nSPS) is 18.2. The summed E-state index contributed by atoms with van der Waals surface area (Å²) in [6.07, 6.45) is 0.852. The summed E-state index contributed by atoms with van der Waals surface area (Å²) in [7, 11) is 0. The second-order valence-electron chi connectivity index (χ2n) is 5.04. The number of carboxylic acids is 1. The minimum absolute atomic E-state index is 0.0754. The lowest BCUT2D eigenvalue weighted by atomic mass is 10.1. The summed E-state index contributed by atoms with van der Waals surface area (Å²) in [6.45, 7) is 2.16. The minimum Gasteiger partial charge on any atom is -0.481 e. The smallest absolute Gasteiger partial charge is 0.303 e. The third kappa shape index (κ3) is 5.53. The van der Waals surface area contributed by atoms with Gasteiger partial charge in [0, 0.05) is 25.2 Å². The van der Waals surface area contributed by atoms with Crippen LogP contribution in [0.4, 0.5) is 5.69 Å². The number of carbonyl (C=O) groups is 2. The monoisotopic (exact) mass is 292 g/mol. The molecule has 1 unspecified atom stereocenters. The van der Waals surface area contributed by atoms with Gasteiger partial charge in [0.1, 0.15) is 0 Å². The fraction of sp³-hybridized carbons (Fsp3) is 0.467. The van der Waals surface area contributed by atoms with Crippen molar-refractivity contribution in [2.24, 2.45) is 0 Å². The van der Waals surface area contributed by atoms with E-state index >= 15 is 0 Å². The van der Waals surface area contributed by atoms with Crippen LogP contribution in [0.2, 0.25) is 0 Å². The number of anilines is 1. The zero-order chi connectivity index (χ0) is 15.1. The number of nitrogens with one attached hydrogen (secondary N) is 2. The van der Waals surface area contributed by atoms with Gasteiger partial charge in [0.2, 0.25) is 5.91 Å². The molecule has 0 aromatic heterocycles. The fourth-order valence-electron chi connectivity index (χ4n) is 2.18. The standard InChI is InChI=1S/C15H20N2O4/c18-14(9-13-10-16-7-8-21-13)17-12-4-1-11(2-5-12)3-6-15(19)20/h1-2,4-5,13,16H,3,6-10H2,(H,17,18)(H,19,20). The van der Waals surface area contributed by atoms with Crippen LogP contribution in [0, 0.1) is 0 Å². The number of carbonyl (C=O) groups excluding carboxylic acids is 1. The van der Waals surface area contributed by atoms with Crippen molar-refractivity contribution >= 4 is 17.6 Å². The molecule has 0 aliphatic carbocycles. The van der Waals surface area contributed by atoms with E-state index in [1.165, 1.54) is 0 Å². The third-order valence-corrected chi connectivity index (χ3v) is 3.28. The highest BCUT2D eigenvalue weighted by Gasteiger charge is 2.17. The topological polar surface area (TPSA) is 87.7 Å². The SMILES string of the molecule is O=C(O)CCc1ccc(NC(=O)CC2CNCCO2)cc1. The van der Waals surface area contributed by atoms with Crippen molar-refractivity contribution in [3.8, 4) is 0 Å². The average molecular weight is 292 g/mol. The number of aryl methyl sites for hydroxylation is 1. The average Bonchev–Trinajstić information content (AvgIpc) is 2.47. The summed E-state index contributed by atoms with van der Waals surface area (Å²) in [5.41, 5.74) is 1.65. The van der Waals surface area contributed by atoms with Gasteiger partial charge >= 0.3 is 5.97 Å². The number of hydrogen-bond donors (Lipinski definition) is 3. The lowest BCUT2D eigenvalue weighted by molar-refractivity contribution is -0.137. The van der Waals surface area contributed by atoms with E-state index in [0.29, 0.717) is 31.7 Å². The van der Waals surface area contributed by atoms with Crippen molar-refractivity contribution in [2.75, 3.05) is 25.0 Å². The Morgan fingerprint density at radius 1 is 1.33 bits per heavy atom. The van der Waals surface area contributed by atoms with Gasteiger partial charge in [0.25, 0.3) is 0 Å². The van der Waals surface area contributed by atoms with Gasteiger partial charge in [-0.25, -0.2) is 0 Å². The Morgan fingerprint density at radius 2 is 2.10 bits per heavy atom. The van der Waals surface area contributed by atoms with Crippen LogP contribution in [-0.2, 0) is 20.7 Å². The maximum absolute atomic E-state index is 11.9. The summed E-state index contributed by atoms with van der Waals surface area (Å²) in [6, 6.07) is 7.23. The number of hydrogen-bond acceptors (Lipinski definition) is 4. The first-order chi connectivity index (χ1) is 10.1. The van der Waals surface area contributed by atoms with Crippen LogP contribution in [0.3, 0.4) is 0 Å². The van der Waals surface area contributed by atoms with Crippen LogP contribution in [0.5, 0.6) is 0 Å². The molecule has 0 saturated carbocycles. The zero-order valence-electron chi connectivity index (χ0n) is 11.8. The quantitative estimate of drug-likeness (QED) is 0.728. The first-order valence-electron chi connectivity index (χ1n) is 7.06. The van der Waals surface area contributed by atoms with Crippen LogP contribution >= 0.6 is 0 Å². The molecule has 114 valence electrons. The minimum atomic E-state index is -0.812. The van der Waals surface area contributed by atoms with Crippen LogP contribution < -0.4 is 10.6 Å². The van der Waals surface area contributed by atoms with E-state index in [9.17, 15) is 9.59 Å². The molecular formula is C15H20N2O4. The van der Waals surface area contributed by atoms with Gasteiger partial charge < -0.3 is 20.5 Å². The molecule has 2 rings (SSSR count). The molecule has 1 fully saturated rings. The molecule has 1 atom stereocenters. The summed E-state index contributed by atoms with van der Waals surface area (Å²) in [5, 5.41) is 14.6. The Bertz CT molecular complexity index is 481. The maximum atomic E-state index is 11.9. The van der Waals surface area contributed by atoms with Crippen LogP contribution in [-0.4, -0.2) is 42.8 Å². The number of morpholine rings is 1. The maximum Gasteiger partial charge on any atom is 0.303 e. The van der Waals surface area contributed by atoms with Gasteiger partial charge in [0.15, 0.2) is 0 Å². The molecule has 1 saturated heterocycles. The van der Waals surface area contributed by atoms with E-state index in [1.807, 2.05) is 12.1 Å². The Morgan fingerprint density at radius 3 is 2.71 bits per heavy atom. The molecule has 0 spiro atoms. The molecule has 1 aliphatic rings. The fourth-order valence-corrected chi connectivity index (χ4v) is 2.18. The molecule has 1 aromatic rings. The van der Waals surface area contributed by atoms with Gasteiger partial charge in [-0.2, -0.15) is 0 Å². The van der Waals surface area contributed by atoms with Crippen molar-refractivity contribution in [2.45, 2.75) is 25.4 Å². The lowest BCUT2D eigenvalue weighted by Crippen LogP contribution is -2.40. The van der Waals surface area contributed by atoms with Crippen molar-refractivity contribution in [1.82, 2.24) is 5.32 Å². The van der Waals surface area contributed by atoms with Crippen LogP contribution in [0.25, 0.3) is 0 Å². The highest BCUT2D eigenvalue weighted by molar-refractivity contribution is 5.91. The molecule has 1 aliphatic heterocycles. The summed E-state index contributed by atoms with van der Waals surface area (Å²) >= 11 is 0. The number of benzene rings is 1. The summed E-state index contributed by atoms with van der Waals surface area (Å²) < 4.78 is 5.48. The Labute approximate surface area is 123 Å². The molecule has 21 heavy (non-hydrogen) atoms. The molecule has 6 heteroatoms. The van der Waals surface area contributed by atoms with Crippen LogP contribution in [0.1, 0.15) is 18.4 Å². The Kier molecular flexibility index (Phi) is 5.71. The van der Waals surface area contributed by atoms with E-state index in [2.05, 4.69) is 10.6 Å². The van der Waals surface area contributed by atoms with Gasteiger partial charge in [-0.05, 0) is 24.1 Å². The molecule has 0 bridgehead atoms. The van der Waals surface area contributed by atoms with Crippen molar-refractivity contribution in [1.29, 1.82) is 0 Å². The van der Waals surface area contributed by atoms with E-state index in [1.54, 1.807) is 12.1 Å². The molecule has 0 radical (unpaired) electrons. The second kappa shape index (κ2) is 7.75. The first kappa shape index (κ1) is 15.5. The highest BCUT2D eigenvalue weighted by atomic mass is 16.5. The van der Waals surface area contributed by atoms with Crippen LogP contribution in [0.15, 0.2) is 24.3 Å². The van der Waals surface area contributed by atoms with Gasteiger partial charge in [-0.15, -0.1) is 0 Å². The number of rotatable bonds is 6. The number of ether oxygens (including phenoxy) is 1. The predicted octanol–water partition coefficient (Wildman–Crippen LogP) is 1.02. The van der Waals surface area contributed by atoms with Crippen molar-refractivity contribution < 1.29 is 19.4 Å². The Hall–Kier alpha value is -1.92. The zero-order valence-corrected chi connectivity index (χ0v) is 11.8. The molecule has 1 heterocycles. The largest absolute Gasteiger partial charge is 0.481 e. The molecule has 1 amide bonds. The third-order valence-electron chi connectivity index (χ3n) is 3.28. The molecule has 1 aromatic carbocycles.